The molecular formula is C12H15BrClN3O. The first kappa shape index (κ1) is 13.5. The van der Waals surface area contributed by atoms with Crippen LogP contribution in [0.2, 0.25) is 5.02 Å². The molecule has 4 N–H and O–H groups in total. The van der Waals surface area contributed by atoms with Gasteiger partial charge in [0, 0.05) is 17.4 Å². The molecule has 6 heteroatoms. The zero-order valence-corrected chi connectivity index (χ0v) is 12.1. The van der Waals surface area contributed by atoms with Crippen molar-refractivity contribution in [2.45, 2.75) is 19.3 Å². The van der Waals surface area contributed by atoms with Gasteiger partial charge in [-0.2, -0.15) is 0 Å². The van der Waals surface area contributed by atoms with Crippen molar-refractivity contribution in [3.8, 4) is 0 Å². The number of nitrogens with zero attached hydrogens (tertiary/aromatic N) is 1. The monoisotopic (exact) mass is 331 g/mol. The number of amidine groups is 1. The van der Waals surface area contributed by atoms with Crippen LogP contribution in [0.25, 0.3) is 0 Å². The van der Waals surface area contributed by atoms with Crippen LogP contribution in [0.15, 0.2) is 27.8 Å². The highest BCUT2D eigenvalue weighted by atomic mass is 79.9. The number of anilines is 1. The predicted molar refractivity (Wildman–Crippen MR) is 77.3 cm³/mol. The summed E-state index contributed by atoms with van der Waals surface area (Å²) in [5, 5.41) is 15.7. The second-order valence-corrected chi connectivity index (χ2v) is 6.07. The minimum Gasteiger partial charge on any atom is -0.409 e. The summed E-state index contributed by atoms with van der Waals surface area (Å²) < 4.78 is 0.982. The van der Waals surface area contributed by atoms with Crippen LogP contribution in [-0.4, -0.2) is 17.6 Å². The van der Waals surface area contributed by atoms with Crippen molar-refractivity contribution >= 4 is 39.1 Å². The van der Waals surface area contributed by atoms with Gasteiger partial charge in [0.2, 0.25) is 0 Å². The van der Waals surface area contributed by atoms with E-state index in [0.717, 1.165) is 29.5 Å². The maximum absolute atomic E-state index is 8.61. The average Bonchev–Trinajstić information content (AvgIpc) is 3.10. The van der Waals surface area contributed by atoms with Crippen molar-refractivity contribution in [3.05, 3.63) is 27.7 Å². The van der Waals surface area contributed by atoms with Crippen molar-refractivity contribution < 1.29 is 5.21 Å². The summed E-state index contributed by atoms with van der Waals surface area (Å²) in [4.78, 5) is 0. The maximum Gasteiger partial charge on any atom is 0.139 e. The van der Waals surface area contributed by atoms with Gasteiger partial charge >= 0.3 is 0 Å². The quantitative estimate of drug-likeness (QED) is 0.335. The number of halogens is 2. The highest BCUT2D eigenvalue weighted by molar-refractivity contribution is 9.10. The predicted octanol–water partition coefficient (Wildman–Crippen LogP) is 3.43. The zero-order valence-electron chi connectivity index (χ0n) is 9.79. The van der Waals surface area contributed by atoms with E-state index in [-0.39, 0.29) is 11.3 Å². The number of nitrogens with two attached hydrogens (primary N) is 1. The summed E-state index contributed by atoms with van der Waals surface area (Å²) in [5.74, 6) is 0.287. The van der Waals surface area contributed by atoms with E-state index in [2.05, 4.69) is 26.4 Å². The fraction of sp³-hybridized carbons (Fsp3) is 0.417. The van der Waals surface area contributed by atoms with Gasteiger partial charge in [0.15, 0.2) is 0 Å². The van der Waals surface area contributed by atoms with Crippen LogP contribution in [0.4, 0.5) is 5.69 Å². The number of benzene rings is 1. The van der Waals surface area contributed by atoms with Crippen LogP contribution in [-0.2, 0) is 0 Å². The van der Waals surface area contributed by atoms with Gasteiger partial charge in [0.1, 0.15) is 5.84 Å². The summed E-state index contributed by atoms with van der Waals surface area (Å²) in [5.41, 5.74) is 6.57. The number of hydrogen-bond acceptors (Lipinski definition) is 3. The molecule has 0 aromatic heterocycles. The number of rotatable bonds is 5. The first-order chi connectivity index (χ1) is 8.54. The van der Waals surface area contributed by atoms with Gasteiger partial charge in [-0.25, -0.2) is 0 Å². The molecule has 0 saturated heterocycles. The molecule has 1 aliphatic rings. The fourth-order valence-corrected chi connectivity index (χ4v) is 2.47. The molecule has 0 atom stereocenters. The van der Waals surface area contributed by atoms with E-state index in [1.807, 2.05) is 18.2 Å². The standard InChI is InChI=1S/C12H15BrClN3O/c13-8-1-2-9(14)10(5-8)16-7-12(3-4-12)6-11(15)17-18/h1-2,5,16,18H,3-4,6-7H2,(H2,15,17). The Balaban J connectivity index is 1.97. The van der Waals surface area contributed by atoms with E-state index in [0.29, 0.717) is 11.4 Å². The van der Waals surface area contributed by atoms with Gasteiger partial charge in [0.25, 0.3) is 0 Å². The van der Waals surface area contributed by atoms with Crippen molar-refractivity contribution in [1.29, 1.82) is 0 Å². The van der Waals surface area contributed by atoms with Crippen LogP contribution in [0.3, 0.4) is 0 Å². The van der Waals surface area contributed by atoms with Gasteiger partial charge in [-0.1, -0.05) is 32.7 Å². The van der Waals surface area contributed by atoms with Crippen molar-refractivity contribution in [1.82, 2.24) is 0 Å². The first-order valence-electron chi connectivity index (χ1n) is 5.70. The Morgan fingerprint density at radius 3 is 2.89 bits per heavy atom. The Bertz CT molecular complexity index is 474. The molecule has 1 aromatic carbocycles. The van der Waals surface area contributed by atoms with Crippen LogP contribution in [0.1, 0.15) is 19.3 Å². The summed E-state index contributed by atoms with van der Waals surface area (Å²) >= 11 is 9.52. The Hall–Kier alpha value is -0.940. The molecule has 1 aliphatic carbocycles. The molecule has 1 saturated carbocycles. The Labute approximate surface area is 119 Å². The second kappa shape index (κ2) is 5.36. The number of hydrogen-bond donors (Lipinski definition) is 3. The molecule has 0 aliphatic heterocycles. The molecule has 4 nitrogen and oxygen atoms in total. The van der Waals surface area contributed by atoms with Gasteiger partial charge in [-0.15, -0.1) is 0 Å². The van der Waals surface area contributed by atoms with Crippen molar-refractivity contribution in [2.75, 3.05) is 11.9 Å². The van der Waals surface area contributed by atoms with E-state index < -0.39 is 0 Å². The summed E-state index contributed by atoms with van der Waals surface area (Å²) in [6.07, 6.45) is 2.78. The topological polar surface area (TPSA) is 70.6 Å². The maximum atomic E-state index is 8.61. The van der Waals surface area contributed by atoms with Crippen molar-refractivity contribution in [3.63, 3.8) is 0 Å². The molecule has 0 unspecified atom stereocenters. The van der Waals surface area contributed by atoms with Crippen LogP contribution in [0, 0.1) is 5.41 Å². The van der Waals surface area contributed by atoms with Gasteiger partial charge in [0.05, 0.1) is 10.7 Å². The summed E-state index contributed by atoms with van der Waals surface area (Å²) in [6.45, 7) is 0.777. The average molecular weight is 333 g/mol. The van der Waals surface area contributed by atoms with Gasteiger partial charge < -0.3 is 16.3 Å². The van der Waals surface area contributed by atoms with Gasteiger partial charge in [-0.3, -0.25) is 0 Å². The number of nitrogens with one attached hydrogen (secondary N) is 1. The lowest BCUT2D eigenvalue weighted by atomic mass is 10.0. The normalized spacial score (nSPS) is 17.6. The molecule has 0 spiro atoms. The summed E-state index contributed by atoms with van der Waals surface area (Å²) in [7, 11) is 0. The van der Waals surface area contributed by atoms with E-state index >= 15 is 0 Å². The van der Waals surface area contributed by atoms with E-state index in [1.54, 1.807) is 0 Å². The van der Waals surface area contributed by atoms with E-state index in [9.17, 15) is 0 Å². The van der Waals surface area contributed by atoms with Gasteiger partial charge in [-0.05, 0) is 36.5 Å². The molecule has 18 heavy (non-hydrogen) atoms. The van der Waals surface area contributed by atoms with Crippen LogP contribution in [0.5, 0.6) is 0 Å². The lowest BCUT2D eigenvalue weighted by molar-refractivity contribution is 0.315. The molecule has 2 rings (SSSR count). The summed E-state index contributed by atoms with van der Waals surface area (Å²) in [6, 6.07) is 5.69. The third-order valence-electron chi connectivity index (χ3n) is 3.22. The minimum atomic E-state index is 0.113. The fourth-order valence-electron chi connectivity index (χ4n) is 1.93. The number of oxime groups is 1. The molecule has 98 valence electrons. The Morgan fingerprint density at radius 2 is 2.28 bits per heavy atom. The van der Waals surface area contributed by atoms with E-state index in [4.69, 9.17) is 22.5 Å². The van der Waals surface area contributed by atoms with Crippen LogP contribution >= 0.6 is 27.5 Å². The third-order valence-corrected chi connectivity index (χ3v) is 4.05. The van der Waals surface area contributed by atoms with Crippen LogP contribution < -0.4 is 11.1 Å². The highest BCUT2D eigenvalue weighted by Crippen LogP contribution is 2.49. The lowest BCUT2D eigenvalue weighted by Gasteiger charge is -2.17. The van der Waals surface area contributed by atoms with E-state index in [1.165, 1.54) is 0 Å². The smallest absolute Gasteiger partial charge is 0.139 e. The third kappa shape index (κ3) is 3.29. The molecular weight excluding hydrogens is 318 g/mol. The highest BCUT2D eigenvalue weighted by Gasteiger charge is 2.43. The largest absolute Gasteiger partial charge is 0.409 e. The molecule has 0 heterocycles. The minimum absolute atomic E-state index is 0.113. The molecule has 0 radical (unpaired) electrons. The first-order valence-corrected chi connectivity index (χ1v) is 6.87. The lowest BCUT2D eigenvalue weighted by Crippen LogP contribution is -2.23. The Morgan fingerprint density at radius 1 is 1.56 bits per heavy atom. The van der Waals surface area contributed by atoms with Crippen molar-refractivity contribution in [2.24, 2.45) is 16.3 Å². The molecule has 0 amide bonds. The Kier molecular flexibility index (Phi) is 4.02. The molecule has 1 fully saturated rings. The molecule has 1 aromatic rings. The second-order valence-electron chi connectivity index (χ2n) is 4.75. The zero-order chi connectivity index (χ0) is 13.2. The molecule has 0 bridgehead atoms. The SMILES string of the molecule is NC(CC1(CNc2cc(Br)ccc2Cl)CC1)=NO.